The van der Waals surface area contributed by atoms with E-state index in [-0.39, 0.29) is 17.6 Å². The molecular weight excluding hydrogens is 310 g/mol. The SMILES string of the molecule is C=CC(=O)Nc1ccc(C(=O)C2CCCCC2)cc1-c1ccccc1. The van der Waals surface area contributed by atoms with Gasteiger partial charge in [0.15, 0.2) is 5.78 Å². The van der Waals surface area contributed by atoms with Crippen molar-refractivity contribution in [1.29, 1.82) is 0 Å². The third-order valence-corrected chi connectivity index (χ3v) is 4.81. The number of hydrogen-bond acceptors (Lipinski definition) is 2. The number of carbonyl (C=O) groups excluding carboxylic acids is 2. The van der Waals surface area contributed by atoms with E-state index in [1.54, 1.807) is 0 Å². The standard InChI is InChI=1S/C22H23NO2/c1-2-21(24)23-20-14-13-18(22(25)17-11-7-4-8-12-17)15-19(20)16-9-5-3-6-10-16/h2-3,5-6,9-10,13-15,17H,1,4,7-8,11-12H2,(H,23,24). The molecular formula is C22H23NO2. The van der Waals surface area contributed by atoms with E-state index < -0.39 is 0 Å². The third kappa shape index (κ3) is 4.05. The second kappa shape index (κ2) is 7.93. The van der Waals surface area contributed by atoms with Crippen molar-refractivity contribution < 1.29 is 9.59 Å². The largest absolute Gasteiger partial charge is 0.322 e. The lowest BCUT2D eigenvalue weighted by Gasteiger charge is -2.21. The van der Waals surface area contributed by atoms with E-state index in [0.717, 1.165) is 42.4 Å². The summed E-state index contributed by atoms with van der Waals surface area (Å²) in [6.45, 7) is 3.50. The van der Waals surface area contributed by atoms with Crippen LogP contribution in [0.1, 0.15) is 42.5 Å². The van der Waals surface area contributed by atoms with Crippen LogP contribution < -0.4 is 5.32 Å². The lowest BCUT2D eigenvalue weighted by Crippen LogP contribution is -2.18. The molecule has 1 fully saturated rings. The molecule has 1 aliphatic carbocycles. The fraction of sp³-hybridized carbons (Fsp3) is 0.273. The van der Waals surface area contributed by atoms with E-state index >= 15 is 0 Å². The molecule has 2 aromatic carbocycles. The lowest BCUT2D eigenvalue weighted by molar-refractivity contribution is -0.111. The Balaban J connectivity index is 1.97. The van der Waals surface area contributed by atoms with Crippen LogP contribution in [-0.2, 0) is 4.79 Å². The second-order valence-corrected chi connectivity index (χ2v) is 6.52. The van der Waals surface area contributed by atoms with Crippen molar-refractivity contribution in [3.63, 3.8) is 0 Å². The van der Waals surface area contributed by atoms with Crippen molar-refractivity contribution in [2.24, 2.45) is 5.92 Å². The first-order valence-corrected chi connectivity index (χ1v) is 8.86. The van der Waals surface area contributed by atoms with Gasteiger partial charge in [-0.2, -0.15) is 0 Å². The average molecular weight is 333 g/mol. The van der Waals surface area contributed by atoms with E-state index in [4.69, 9.17) is 0 Å². The van der Waals surface area contributed by atoms with Gasteiger partial charge in [0.05, 0.1) is 0 Å². The third-order valence-electron chi connectivity index (χ3n) is 4.81. The summed E-state index contributed by atoms with van der Waals surface area (Å²) in [6.07, 6.45) is 6.70. The highest BCUT2D eigenvalue weighted by Gasteiger charge is 2.23. The highest BCUT2D eigenvalue weighted by atomic mass is 16.1. The summed E-state index contributed by atoms with van der Waals surface area (Å²) in [7, 11) is 0. The minimum atomic E-state index is -0.261. The molecule has 0 bridgehead atoms. The maximum absolute atomic E-state index is 12.9. The number of Topliss-reactive ketones (excluding diaryl/α,β-unsaturated/α-hetero) is 1. The molecule has 25 heavy (non-hydrogen) atoms. The number of hydrogen-bond donors (Lipinski definition) is 1. The molecule has 3 heteroatoms. The van der Waals surface area contributed by atoms with Crippen LogP contribution in [0.25, 0.3) is 11.1 Å². The Morgan fingerprint density at radius 3 is 2.40 bits per heavy atom. The Labute approximate surface area is 148 Å². The summed E-state index contributed by atoms with van der Waals surface area (Å²) >= 11 is 0. The topological polar surface area (TPSA) is 46.2 Å². The monoisotopic (exact) mass is 333 g/mol. The van der Waals surface area contributed by atoms with Crippen molar-refractivity contribution in [3.05, 3.63) is 66.7 Å². The number of amides is 1. The van der Waals surface area contributed by atoms with Crippen LogP contribution in [0.4, 0.5) is 5.69 Å². The van der Waals surface area contributed by atoms with E-state index in [9.17, 15) is 9.59 Å². The van der Waals surface area contributed by atoms with Crippen LogP contribution in [0.5, 0.6) is 0 Å². The maximum Gasteiger partial charge on any atom is 0.247 e. The maximum atomic E-state index is 12.9. The summed E-state index contributed by atoms with van der Waals surface area (Å²) in [6, 6.07) is 15.4. The molecule has 0 unspecified atom stereocenters. The molecule has 128 valence electrons. The Bertz CT molecular complexity index is 774. The van der Waals surface area contributed by atoms with Gasteiger partial charge in [-0.25, -0.2) is 0 Å². The number of benzene rings is 2. The van der Waals surface area contributed by atoms with Gasteiger partial charge in [0.2, 0.25) is 5.91 Å². The first-order chi connectivity index (χ1) is 12.2. The fourth-order valence-corrected chi connectivity index (χ4v) is 3.45. The molecule has 0 radical (unpaired) electrons. The van der Waals surface area contributed by atoms with Crippen LogP contribution in [0.15, 0.2) is 61.2 Å². The number of ketones is 1. The predicted octanol–water partition coefficient (Wildman–Crippen LogP) is 5.24. The van der Waals surface area contributed by atoms with Gasteiger partial charge in [0.25, 0.3) is 0 Å². The molecule has 3 rings (SSSR count). The van der Waals surface area contributed by atoms with E-state index in [1.165, 1.54) is 12.5 Å². The molecule has 0 atom stereocenters. The summed E-state index contributed by atoms with van der Waals surface area (Å²) < 4.78 is 0. The van der Waals surface area contributed by atoms with Crippen molar-refractivity contribution in [2.75, 3.05) is 5.32 Å². The first kappa shape index (κ1) is 17.2. The van der Waals surface area contributed by atoms with Gasteiger partial charge in [0, 0.05) is 22.7 Å². The Morgan fingerprint density at radius 1 is 1.00 bits per heavy atom. The van der Waals surface area contributed by atoms with Gasteiger partial charge in [-0.15, -0.1) is 0 Å². The number of anilines is 1. The molecule has 3 nitrogen and oxygen atoms in total. The smallest absolute Gasteiger partial charge is 0.247 e. The highest BCUT2D eigenvalue weighted by Crippen LogP contribution is 2.32. The molecule has 2 aromatic rings. The predicted molar refractivity (Wildman–Crippen MR) is 102 cm³/mol. The number of carbonyl (C=O) groups is 2. The summed E-state index contributed by atoms with van der Waals surface area (Å²) in [5.74, 6) is 0.0907. The van der Waals surface area contributed by atoms with Gasteiger partial charge < -0.3 is 5.32 Å². The zero-order valence-electron chi connectivity index (χ0n) is 14.3. The van der Waals surface area contributed by atoms with E-state index in [0.29, 0.717) is 5.69 Å². The van der Waals surface area contributed by atoms with E-state index in [1.807, 2.05) is 48.5 Å². The summed E-state index contributed by atoms with van der Waals surface area (Å²) in [5.41, 5.74) is 3.25. The Morgan fingerprint density at radius 2 is 1.72 bits per heavy atom. The molecule has 1 amide bonds. The van der Waals surface area contributed by atoms with Crippen LogP contribution in [0, 0.1) is 5.92 Å². The molecule has 1 saturated carbocycles. The number of rotatable bonds is 5. The molecule has 1 N–H and O–H groups in total. The van der Waals surface area contributed by atoms with Gasteiger partial charge in [-0.05, 0) is 42.7 Å². The average Bonchev–Trinajstić information content (AvgIpc) is 2.69. The van der Waals surface area contributed by atoms with Crippen LogP contribution in [0.2, 0.25) is 0 Å². The van der Waals surface area contributed by atoms with E-state index in [2.05, 4.69) is 11.9 Å². The first-order valence-electron chi connectivity index (χ1n) is 8.86. The molecule has 0 heterocycles. The van der Waals surface area contributed by atoms with Crippen LogP contribution in [0.3, 0.4) is 0 Å². The molecule has 0 aliphatic heterocycles. The van der Waals surface area contributed by atoms with Gasteiger partial charge in [-0.3, -0.25) is 9.59 Å². The fourth-order valence-electron chi connectivity index (χ4n) is 3.45. The second-order valence-electron chi connectivity index (χ2n) is 6.52. The Hall–Kier alpha value is -2.68. The highest BCUT2D eigenvalue weighted by molar-refractivity contribution is 6.04. The minimum absolute atomic E-state index is 0.131. The van der Waals surface area contributed by atoms with Crippen molar-refractivity contribution in [3.8, 4) is 11.1 Å². The van der Waals surface area contributed by atoms with Crippen LogP contribution in [-0.4, -0.2) is 11.7 Å². The Kier molecular flexibility index (Phi) is 5.44. The minimum Gasteiger partial charge on any atom is -0.322 e. The van der Waals surface area contributed by atoms with Crippen molar-refractivity contribution >= 4 is 17.4 Å². The van der Waals surface area contributed by atoms with Gasteiger partial charge in [-0.1, -0.05) is 56.2 Å². The lowest BCUT2D eigenvalue weighted by atomic mass is 9.83. The van der Waals surface area contributed by atoms with Gasteiger partial charge in [0.1, 0.15) is 0 Å². The zero-order valence-corrected chi connectivity index (χ0v) is 14.3. The molecule has 0 spiro atoms. The van der Waals surface area contributed by atoms with Gasteiger partial charge >= 0.3 is 0 Å². The zero-order chi connectivity index (χ0) is 17.6. The summed E-state index contributed by atoms with van der Waals surface area (Å²) in [4.78, 5) is 24.6. The molecule has 0 saturated heterocycles. The summed E-state index contributed by atoms with van der Waals surface area (Å²) in [5, 5.41) is 2.84. The number of nitrogens with one attached hydrogen (secondary N) is 1. The normalized spacial score (nSPS) is 14.7. The molecule has 1 aliphatic rings. The quantitative estimate of drug-likeness (QED) is 0.600. The van der Waals surface area contributed by atoms with Crippen molar-refractivity contribution in [2.45, 2.75) is 32.1 Å². The van der Waals surface area contributed by atoms with Crippen LogP contribution >= 0.6 is 0 Å². The van der Waals surface area contributed by atoms with Crippen molar-refractivity contribution in [1.82, 2.24) is 0 Å². The molecule has 0 aromatic heterocycles.